The molecule has 0 saturated heterocycles. The van der Waals surface area contributed by atoms with Gasteiger partial charge >= 0.3 is 0 Å². The van der Waals surface area contributed by atoms with Crippen LogP contribution in [0.15, 0.2) is 30.5 Å². The van der Waals surface area contributed by atoms with Crippen LogP contribution in [0.1, 0.15) is 22.3 Å². The zero-order valence-electron chi connectivity index (χ0n) is 10.9. The summed E-state index contributed by atoms with van der Waals surface area (Å²) in [4.78, 5) is 4.05. The SMILES string of the molecule is Cc1cc(C)c(CNc2cccnc2Cl)cc1C. The topological polar surface area (TPSA) is 24.9 Å². The third-order valence-electron chi connectivity index (χ3n) is 3.18. The number of pyridine rings is 1. The van der Waals surface area contributed by atoms with Crippen molar-refractivity contribution < 1.29 is 0 Å². The third kappa shape index (κ3) is 2.82. The fourth-order valence-electron chi connectivity index (χ4n) is 1.92. The first-order valence-electron chi connectivity index (χ1n) is 5.99. The molecule has 1 heterocycles. The monoisotopic (exact) mass is 260 g/mol. The van der Waals surface area contributed by atoms with Crippen LogP contribution in [0.3, 0.4) is 0 Å². The van der Waals surface area contributed by atoms with Gasteiger partial charge in [-0.1, -0.05) is 23.7 Å². The molecule has 94 valence electrons. The lowest BCUT2D eigenvalue weighted by molar-refractivity contribution is 1.09. The van der Waals surface area contributed by atoms with Crippen LogP contribution in [0.5, 0.6) is 0 Å². The number of halogens is 1. The number of hydrogen-bond donors (Lipinski definition) is 1. The summed E-state index contributed by atoms with van der Waals surface area (Å²) < 4.78 is 0. The summed E-state index contributed by atoms with van der Waals surface area (Å²) in [5.41, 5.74) is 6.10. The first kappa shape index (κ1) is 12.9. The Morgan fingerprint density at radius 3 is 2.56 bits per heavy atom. The summed E-state index contributed by atoms with van der Waals surface area (Å²) in [7, 11) is 0. The molecule has 0 saturated carbocycles. The number of rotatable bonds is 3. The van der Waals surface area contributed by atoms with Gasteiger partial charge in [-0.15, -0.1) is 0 Å². The summed E-state index contributed by atoms with van der Waals surface area (Å²) in [6.07, 6.45) is 1.69. The highest BCUT2D eigenvalue weighted by Gasteiger charge is 2.04. The van der Waals surface area contributed by atoms with Crippen LogP contribution in [0.4, 0.5) is 5.69 Å². The number of anilines is 1. The first-order valence-corrected chi connectivity index (χ1v) is 6.37. The van der Waals surface area contributed by atoms with Gasteiger partial charge in [0.05, 0.1) is 5.69 Å². The smallest absolute Gasteiger partial charge is 0.152 e. The standard InChI is InChI=1S/C15H17ClN2/c1-10-7-12(3)13(8-11(10)2)9-18-14-5-4-6-17-15(14)16/h4-8,18H,9H2,1-3H3. The molecule has 0 atom stereocenters. The van der Waals surface area contributed by atoms with E-state index in [1.165, 1.54) is 22.3 Å². The van der Waals surface area contributed by atoms with Gasteiger partial charge in [0, 0.05) is 12.7 Å². The number of aryl methyl sites for hydroxylation is 3. The molecule has 3 heteroatoms. The molecule has 2 nitrogen and oxygen atoms in total. The Morgan fingerprint density at radius 1 is 1.11 bits per heavy atom. The van der Waals surface area contributed by atoms with Crippen LogP contribution in [0.25, 0.3) is 0 Å². The minimum absolute atomic E-state index is 0.513. The third-order valence-corrected chi connectivity index (χ3v) is 3.48. The van der Waals surface area contributed by atoms with Crippen molar-refractivity contribution in [1.29, 1.82) is 0 Å². The molecule has 2 aromatic rings. The zero-order valence-corrected chi connectivity index (χ0v) is 11.7. The van der Waals surface area contributed by atoms with Crippen molar-refractivity contribution in [3.8, 4) is 0 Å². The van der Waals surface area contributed by atoms with E-state index >= 15 is 0 Å². The number of hydrogen-bond acceptors (Lipinski definition) is 2. The fraction of sp³-hybridized carbons (Fsp3) is 0.267. The van der Waals surface area contributed by atoms with Crippen LogP contribution in [-0.2, 0) is 6.54 Å². The Kier molecular flexibility index (Phi) is 3.87. The number of benzene rings is 1. The molecule has 2 rings (SSSR count). The van der Waals surface area contributed by atoms with E-state index in [0.717, 1.165) is 12.2 Å². The minimum atomic E-state index is 0.513. The fourth-order valence-corrected chi connectivity index (χ4v) is 2.11. The molecule has 1 aromatic heterocycles. The quantitative estimate of drug-likeness (QED) is 0.834. The molecule has 0 spiro atoms. The van der Waals surface area contributed by atoms with E-state index in [0.29, 0.717) is 5.15 Å². The zero-order chi connectivity index (χ0) is 13.1. The van der Waals surface area contributed by atoms with Crippen molar-refractivity contribution in [2.45, 2.75) is 27.3 Å². The molecule has 0 unspecified atom stereocenters. The predicted octanol–water partition coefficient (Wildman–Crippen LogP) is 4.27. The number of aromatic nitrogens is 1. The normalized spacial score (nSPS) is 10.4. The lowest BCUT2D eigenvalue weighted by Crippen LogP contribution is -2.03. The molecule has 0 radical (unpaired) electrons. The molecule has 0 bridgehead atoms. The van der Waals surface area contributed by atoms with Crippen LogP contribution >= 0.6 is 11.6 Å². The second-order valence-electron chi connectivity index (χ2n) is 4.56. The highest BCUT2D eigenvalue weighted by molar-refractivity contribution is 6.31. The van der Waals surface area contributed by atoms with E-state index in [1.807, 2.05) is 12.1 Å². The van der Waals surface area contributed by atoms with Crippen LogP contribution < -0.4 is 5.32 Å². The summed E-state index contributed by atoms with van der Waals surface area (Å²) in [5, 5.41) is 3.84. The van der Waals surface area contributed by atoms with Crippen molar-refractivity contribution in [2.75, 3.05) is 5.32 Å². The van der Waals surface area contributed by atoms with Crippen LogP contribution in [-0.4, -0.2) is 4.98 Å². The summed E-state index contributed by atoms with van der Waals surface area (Å²) in [5.74, 6) is 0. The van der Waals surface area contributed by atoms with Crippen molar-refractivity contribution in [3.63, 3.8) is 0 Å². The van der Waals surface area contributed by atoms with E-state index in [1.54, 1.807) is 6.20 Å². The average Bonchev–Trinajstić information content (AvgIpc) is 2.34. The van der Waals surface area contributed by atoms with Crippen LogP contribution in [0.2, 0.25) is 5.15 Å². The molecule has 0 aliphatic rings. The maximum absolute atomic E-state index is 6.01. The highest BCUT2D eigenvalue weighted by atomic mass is 35.5. The van der Waals surface area contributed by atoms with E-state index < -0.39 is 0 Å². The van der Waals surface area contributed by atoms with Crippen molar-refractivity contribution >= 4 is 17.3 Å². The van der Waals surface area contributed by atoms with E-state index in [2.05, 4.69) is 43.2 Å². The molecule has 0 aliphatic heterocycles. The van der Waals surface area contributed by atoms with Gasteiger partial charge in [-0.3, -0.25) is 0 Å². The molecule has 1 N–H and O–H groups in total. The average molecular weight is 261 g/mol. The van der Waals surface area contributed by atoms with E-state index in [-0.39, 0.29) is 0 Å². The molecule has 0 fully saturated rings. The van der Waals surface area contributed by atoms with Gasteiger partial charge in [0.25, 0.3) is 0 Å². The minimum Gasteiger partial charge on any atom is -0.378 e. The largest absolute Gasteiger partial charge is 0.378 e. The number of nitrogens with one attached hydrogen (secondary N) is 1. The van der Waals surface area contributed by atoms with E-state index in [4.69, 9.17) is 11.6 Å². The molecule has 18 heavy (non-hydrogen) atoms. The molecule has 1 aromatic carbocycles. The van der Waals surface area contributed by atoms with Gasteiger partial charge in [-0.05, 0) is 55.2 Å². The second kappa shape index (κ2) is 5.40. The first-order chi connectivity index (χ1) is 8.58. The molecule has 0 amide bonds. The Hall–Kier alpha value is -1.54. The van der Waals surface area contributed by atoms with Crippen molar-refractivity contribution in [1.82, 2.24) is 4.98 Å². The van der Waals surface area contributed by atoms with Gasteiger partial charge in [0.1, 0.15) is 0 Å². The molecular weight excluding hydrogens is 244 g/mol. The Bertz CT molecular complexity index is 564. The summed E-state index contributed by atoms with van der Waals surface area (Å²) in [6.45, 7) is 7.17. The van der Waals surface area contributed by atoms with Gasteiger partial charge in [-0.25, -0.2) is 4.98 Å². The van der Waals surface area contributed by atoms with Crippen molar-refractivity contribution in [2.24, 2.45) is 0 Å². The molecular formula is C15H17ClN2. The Labute approximate surface area is 113 Å². The van der Waals surface area contributed by atoms with E-state index in [9.17, 15) is 0 Å². The summed E-state index contributed by atoms with van der Waals surface area (Å²) >= 11 is 6.01. The maximum Gasteiger partial charge on any atom is 0.152 e. The molecule has 0 aliphatic carbocycles. The van der Waals surface area contributed by atoms with Crippen LogP contribution in [0, 0.1) is 20.8 Å². The predicted molar refractivity (Wildman–Crippen MR) is 77.2 cm³/mol. The van der Waals surface area contributed by atoms with Gasteiger partial charge in [0.2, 0.25) is 0 Å². The van der Waals surface area contributed by atoms with Gasteiger partial charge in [0.15, 0.2) is 5.15 Å². The lowest BCUT2D eigenvalue weighted by Gasteiger charge is -2.12. The summed E-state index contributed by atoms with van der Waals surface area (Å²) in [6, 6.07) is 8.26. The van der Waals surface area contributed by atoms with Crippen molar-refractivity contribution in [3.05, 3.63) is 57.9 Å². The number of nitrogens with zero attached hydrogens (tertiary/aromatic N) is 1. The Morgan fingerprint density at radius 2 is 1.83 bits per heavy atom. The highest BCUT2D eigenvalue weighted by Crippen LogP contribution is 2.20. The van der Waals surface area contributed by atoms with Gasteiger partial charge in [-0.2, -0.15) is 0 Å². The lowest BCUT2D eigenvalue weighted by atomic mass is 10.0. The van der Waals surface area contributed by atoms with Gasteiger partial charge < -0.3 is 5.32 Å². The maximum atomic E-state index is 6.01. The second-order valence-corrected chi connectivity index (χ2v) is 4.92. The Balaban J connectivity index is 2.16.